The Bertz CT molecular complexity index is 561. The summed E-state index contributed by atoms with van der Waals surface area (Å²) < 4.78 is 36.7. The first-order valence-electron chi connectivity index (χ1n) is 4.04. The number of imidazole rings is 1. The van der Waals surface area contributed by atoms with Crippen LogP contribution in [0.5, 0.6) is 0 Å². The largest absolute Gasteiger partial charge is 0.478 e. The molecule has 0 spiro atoms. The monoisotopic (exact) mass is 231 g/mol. The number of H-pyrrole nitrogens is 1. The summed E-state index contributed by atoms with van der Waals surface area (Å²) >= 11 is 0. The van der Waals surface area contributed by atoms with E-state index in [0.717, 1.165) is 12.3 Å². The van der Waals surface area contributed by atoms with Crippen LogP contribution in [0, 0.1) is 0 Å². The minimum Gasteiger partial charge on any atom is -0.478 e. The SMILES string of the molecule is O=C(O)c1cnc2nc(C(F)(F)F)[nH]c2c1. The van der Waals surface area contributed by atoms with Crippen LogP contribution in [0.3, 0.4) is 0 Å². The van der Waals surface area contributed by atoms with E-state index in [4.69, 9.17) is 5.11 Å². The highest BCUT2D eigenvalue weighted by Crippen LogP contribution is 2.28. The fourth-order valence-corrected chi connectivity index (χ4v) is 1.15. The molecule has 2 rings (SSSR count). The Hall–Kier alpha value is -2.12. The quantitative estimate of drug-likeness (QED) is 0.782. The number of hydrogen-bond acceptors (Lipinski definition) is 3. The summed E-state index contributed by atoms with van der Waals surface area (Å²) in [4.78, 5) is 19.2. The first-order chi connectivity index (χ1) is 7.38. The smallest absolute Gasteiger partial charge is 0.449 e. The van der Waals surface area contributed by atoms with Gasteiger partial charge in [-0.2, -0.15) is 13.2 Å². The third-order valence-corrected chi connectivity index (χ3v) is 1.85. The number of carbonyl (C=O) groups is 1. The molecule has 0 aromatic carbocycles. The summed E-state index contributed by atoms with van der Waals surface area (Å²) in [7, 11) is 0. The van der Waals surface area contributed by atoms with Crippen LogP contribution < -0.4 is 0 Å². The van der Waals surface area contributed by atoms with Crippen LogP contribution in [0.1, 0.15) is 16.2 Å². The Labute approximate surface area is 85.9 Å². The molecule has 8 heteroatoms. The molecule has 2 heterocycles. The zero-order valence-corrected chi connectivity index (χ0v) is 7.54. The fraction of sp³-hybridized carbons (Fsp3) is 0.125. The number of halogens is 3. The zero-order chi connectivity index (χ0) is 11.9. The number of rotatable bonds is 1. The van der Waals surface area contributed by atoms with Gasteiger partial charge in [-0.15, -0.1) is 0 Å². The number of hydrogen-bond donors (Lipinski definition) is 2. The second-order valence-electron chi connectivity index (χ2n) is 2.98. The molecule has 0 saturated heterocycles. The Balaban J connectivity index is 2.59. The average molecular weight is 231 g/mol. The van der Waals surface area contributed by atoms with Crippen LogP contribution in [0.15, 0.2) is 12.3 Å². The van der Waals surface area contributed by atoms with Gasteiger partial charge < -0.3 is 10.1 Å². The lowest BCUT2D eigenvalue weighted by Gasteiger charge is -1.98. The van der Waals surface area contributed by atoms with Crippen LogP contribution in [0.4, 0.5) is 13.2 Å². The maximum Gasteiger partial charge on any atom is 0.449 e. The zero-order valence-electron chi connectivity index (χ0n) is 7.54. The van der Waals surface area contributed by atoms with Gasteiger partial charge in [0.2, 0.25) is 5.82 Å². The molecule has 0 aliphatic rings. The molecule has 5 nitrogen and oxygen atoms in total. The van der Waals surface area contributed by atoms with E-state index in [1.54, 1.807) is 0 Å². The second-order valence-corrected chi connectivity index (χ2v) is 2.98. The second kappa shape index (κ2) is 3.19. The number of carboxylic acids is 1. The maximum atomic E-state index is 12.2. The molecule has 0 aliphatic heterocycles. The van der Waals surface area contributed by atoms with Gasteiger partial charge in [-0.3, -0.25) is 0 Å². The summed E-state index contributed by atoms with van der Waals surface area (Å²) in [5, 5.41) is 8.61. The molecule has 0 unspecified atom stereocenters. The summed E-state index contributed by atoms with van der Waals surface area (Å²) in [5.41, 5.74) is -0.436. The van der Waals surface area contributed by atoms with Crippen molar-refractivity contribution in [1.82, 2.24) is 15.0 Å². The molecule has 0 radical (unpaired) electrons. The lowest BCUT2D eigenvalue weighted by atomic mass is 10.3. The third kappa shape index (κ3) is 1.69. The minimum absolute atomic E-state index is 0.0628. The number of carboxylic acid groups (broad SMARTS) is 1. The molecule has 0 fully saturated rings. The first kappa shape index (κ1) is 10.4. The lowest BCUT2D eigenvalue weighted by molar-refractivity contribution is -0.144. The van der Waals surface area contributed by atoms with Gasteiger partial charge >= 0.3 is 12.1 Å². The van der Waals surface area contributed by atoms with Gasteiger partial charge in [-0.05, 0) is 6.07 Å². The van der Waals surface area contributed by atoms with Crippen LogP contribution in [0.2, 0.25) is 0 Å². The third-order valence-electron chi connectivity index (χ3n) is 1.85. The Morgan fingerprint density at radius 3 is 2.69 bits per heavy atom. The van der Waals surface area contributed by atoms with E-state index >= 15 is 0 Å². The predicted octanol–water partition coefficient (Wildman–Crippen LogP) is 1.67. The molecule has 0 atom stereocenters. The molecule has 16 heavy (non-hydrogen) atoms. The average Bonchev–Trinajstić information content (AvgIpc) is 2.58. The summed E-state index contributed by atoms with van der Waals surface area (Å²) in [6, 6.07) is 1.05. The Morgan fingerprint density at radius 1 is 1.44 bits per heavy atom. The van der Waals surface area contributed by atoms with E-state index in [2.05, 4.69) is 9.97 Å². The van der Waals surface area contributed by atoms with Gasteiger partial charge in [0.1, 0.15) is 0 Å². The van der Waals surface area contributed by atoms with E-state index in [0.29, 0.717) is 0 Å². The number of fused-ring (bicyclic) bond motifs is 1. The molecule has 2 aromatic heterocycles. The molecule has 0 bridgehead atoms. The molecule has 0 amide bonds. The number of aromatic carboxylic acids is 1. The number of alkyl halides is 3. The van der Waals surface area contributed by atoms with Crippen LogP contribution in [-0.2, 0) is 6.18 Å². The van der Waals surface area contributed by atoms with Gasteiger partial charge in [-0.1, -0.05) is 0 Å². The molecule has 2 N–H and O–H groups in total. The Kier molecular flexibility index (Phi) is 2.07. The number of aromatic amines is 1. The van der Waals surface area contributed by atoms with Crippen molar-refractivity contribution in [3.8, 4) is 0 Å². The van der Waals surface area contributed by atoms with Crippen LogP contribution in [-0.4, -0.2) is 26.0 Å². The topological polar surface area (TPSA) is 78.9 Å². The van der Waals surface area contributed by atoms with Crippen LogP contribution in [0.25, 0.3) is 11.2 Å². The first-order valence-corrected chi connectivity index (χ1v) is 4.04. The van der Waals surface area contributed by atoms with Crippen molar-refractivity contribution in [3.63, 3.8) is 0 Å². The summed E-state index contributed by atoms with van der Waals surface area (Å²) in [5.74, 6) is -2.46. The number of nitrogens with zero attached hydrogens (tertiary/aromatic N) is 2. The molecular weight excluding hydrogens is 227 g/mol. The molecular formula is C8H4F3N3O2. The van der Waals surface area contributed by atoms with Crippen molar-refractivity contribution in [3.05, 3.63) is 23.7 Å². The van der Waals surface area contributed by atoms with Crippen molar-refractivity contribution >= 4 is 17.1 Å². The molecule has 0 saturated carbocycles. The minimum atomic E-state index is -4.61. The van der Waals surface area contributed by atoms with E-state index in [1.807, 2.05) is 4.98 Å². The predicted molar refractivity (Wildman–Crippen MR) is 45.9 cm³/mol. The Morgan fingerprint density at radius 2 is 2.12 bits per heavy atom. The summed E-state index contributed by atoms with van der Waals surface area (Å²) in [6.07, 6.45) is -3.66. The van der Waals surface area contributed by atoms with Gasteiger partial charge in [0.05, 0.1) is 11.1 Å². The van der Waals surface area contributed by atoms with Crippen molar-refractivity contribution in [2.45, 2.75) is 6.18 Å². The van der Waals surface area contributed by atoms with Gasteiger partial charge in [-0.25, -0.2) is 14.8 Å². The van der Waals surface area contributed by atoms with Crippen molar-refractivity contribution in [2.24, 2.45) is 0 Å². The summed E-state index contributed by atoms with van der Waals surface area (Å²) in [6.45, 7) is 0. The number of aromatic nitrogens is 3. The van der Waals surface area contributed by atoms with E-state index < -0.39 is 18.0 Å². The van der Waals surface area contributed by atoms with Crippen LogP contribution >= 0.6 is 0 Å². The highest BCUT2D eigenvalue weighted by atomic mass is 19.4. The van der Waals surface area contributed by atoms with E-state index in [1.165, 1.54) is 0 Å². The highest BCUT2D eigenvalue weighted by molar-refractivity contribution is 5.90. The van der Waals surface area contributed by atoms with Gasteiger partial charge in [0.25, 0.3) is 0 Å². The molecule has 0 aliphatic carbocycles. The molecule has 2 aromatic rings. The number of nitrogens with one attached hydrogen (secondary N) is 1. The van der Waals surface area contributed by atoms with Gasteiger partial charge in [0.15, 0.2) is 5.65 Å². The van der Waals surface area contributed by atoms with Crippen molar-refractivity contribution in [1.29, 1.82) is 0 Å². The van der Waals surface area contributed by atoms with Crippen molar-refractivity contribution in [2.75, 3.05) is 0 Å². The van der Waals surface area contributed by atoms with Gasteiger partial charge in [0, 0.05) is 6.20 Å². The van der Waals surface area contributed by atoms with E-state index in [9.17, 15) is 18.0 Å². The standard InChI is InChI=1S/C8H4F3N3O2/c9-8(10,11)7-13-4-1-3(6(15)16)2-12-5(4)14-7/h1-2H,(H,15,16)(H,12,13,14). The van der Waals surface area contributed by atoms with E-state index in [-0.39, 0.29) is 16.7 Å². The molecule has 84 valence electrons. The fourth-order valence-electron chi connectivity index (χ4n) is 1.15. The van der Waals surface area contributed by atoms with Crippen molar-refractivity contribution < 1.29 is 23.1 Å². The maximum absolute atomic E-state index is 12.2. The normalized spacial score (nSPS) is 11.9. The number of pyridine rings is 1. The highest BCUT2D eigenvalue weighted by Gasteiger charge is 2.35. The lowest BCUT2D eigenvalue weighted by Crippen LogP contribution is -2.06.